The molecule has 104 valence electrons. The Balaban J connectivity index is 2.04. The first-order valence-electron chi connectivity index (χ1n) is 6.73. The van der Waals surface area contributed by atoms with Gasteiger partial charge in [-0.2, -0.15) is 0 Å². The van der Waals surface area contributed by atoms with Gasteiger partial charge in [-0.25, -0.2) is 4.79 Å². The standard InChI is InChI=1S/C13H24N2O3/c1-13(2,3)18-12(16)15-6-7-17-11-5-4-9(14)8-10(11)15/h9-11H,4-8,14H2,1-3H3. The van der Waals surface area contributed by atoms with Gasteiger partial charge in [0.05, 0.1) is 18.8 Å². The molecule has 5 nitrogen and oxygen atoms in total. The van der Waals surface area contributed by atoms with Gasteiger partial charge in [0.1, 0.15) is 5.60 Å². The van der Waals surface area contributed by atoms with Gasteiger partial charge in [-0.15, -0.1) is 0 Å². The fourth-order valence-electron chi connectivity index (χ4n) is 2.69. The van der Waals surface area contributed by atoms with Crippen molar-refractivity contribution < 1.29 is 14.3 Å². The van der Waals surface area contributed by atoms with Crippen molar-refractivity contribution in [1.29, 1.82) is 0 Å². The smallest absolute Gasteiger partial charge is 0.410 e. The zero-order valence-electron chi connectivity index (χ0n) is 11.5. The van der Waals surface area contributed by atoms with Gasteiger partial charge < -0.3 is 20.1 Å². The molecule has 0 aromatic carbocycles. The van der Waals surface area contributed by atoms with Crippen LogP contribution in [-0.4, -0.2) is 47.9 Å². The summed E-state index contributed by atoms with van der Waals surface area (Å²) in [5, 5.41) is 0. The number of nitrogens with two attached hydrogens (primary N) is 1. The normalized spacial score (nSPS) is 32.9. The highest BCUT2D eigenvalue weighted by Gasteiger charge is 2.40. The summed E-state index contributed by atoms with van der Waals surface area (Å²) < 4.78 is 11.2. The van der Waals surface area contributed by atoms with Crippen molar-refractivity contribution in [1.82, 2.24) is 4.90 Å². The van der Waals surface area contributed by atoms with E-state index in [-0.39, 0.29) is 24.3 Å². The summed E-state index contributed by atoms with van der Waals surface area (Å²) >= 11 is 0. The van der Waals surface area contributed by atoms with E-state index >= 15 is 0 Å². The molecule has 2 N–H and O–H groups in total. The van der Waals surface area contributed by atoms with Crippen molar-refractivity contribution in [2.45, 2.75) is 63.8 Å². The molecule has 2 fully saturated rings. The van der Waals surface area contributed by atoms with Gasteiger partial charge in [-0.05, 0) is 40.0 Å². The second-order valence-electron chi connectivity index (χ2n) is 6.22. The molecule has 5 heteroatoms. The van der Waals surface area contributed by atoms with E-state index < -0.39 is 5.60 Å². The molecule has 0 spiro atoms. The number of fused-ring (bicyclic) bond motifs is 1. The maximum Gasteiger partial charge on any atom is 0.410 e. The average Bonchev–Trinajstić information content (AvgIpc) is 2.25. The van der Waals surface area contributed by atoms with E-state index in [0.717, 1.165) is 19.3 Å². The van der Waals surface area contributed by atoms with Gasteiger partial charge in [0.2, 0.25) is 0 Å². The third-order valence-electron chi connectivity index (χ3n) is 3.49. The first kappa shape index (κ1) is 13.6. The molecule has 2 aliphatic rings. The van der Waals surface area contributed by atoms with Crippen LogP contribution in [0.1, 0.15) is 40.0 Å². The Morgan fingerprint density at radius 1 is 1.39 bits per heavy atom. The molecule has 1 aliphatic heterocycles. The molecule has 0 aromatic rings. The van der Waals surface area contributed by atoms with E-state index in [9.17, 15) is 4.79 Å². The Morgan fingerprint density at radius 2 is 2.11 bits per heavy atom. The highest BCUT2D eigenvalue weighted by atomic mass is 16.6. The molecule has 1 saturated heterocycles. The minimum absolute atomic E-state index is 0.0809. The third-order valence-corrected chi connectivity index (χ3v) is 3.49. The van der Waals surface area contributed by atoms with E-state index in [2.05, 4.69) is 0 Å². The van der Waals surface area contributed by atoms with Crippen LogP contribution >= 0.6 is 0 Å². The average molecular weight is 256 g/mol. The maximum absolute atomic E-state index is 12.2. The van der Waals surface area contributed by atoms with E-state index in [1.165, 1.54) is 0 Å². The molecule has 18 heavy (non-hydrogen) atoms. The fourth-order valence-corrected chi connectivity index (χ4v) is 2.69. The summed E-state index contributed by atoms with van der Waals surface area (Å²) in [6, 6.07) is 0.246. The second kappa shape index (κ2) is 5.05. The Morgan fingerprint density at radius 3 is 2.78 bits per heavy atom. The molecule has 3 unspecified atom stereocenters. The van der Waals surface area contributed by atoms with Crippen molar-refractivity contribution >= 4 is 6.09 Å². The molecule has 2 rings (SSSR count). The summed E-state index contributed by atoms with van der Waals surface area (Å²) in [5.74, 6) is 0. The van der Waals surface area contributed by atoms with Crippen molar-refractivity contribution in [3.05, 3.63) is 0 Å². The first-order valence-corrected chi connectivity index (χ1v) is 6.73. The fraction of sp³-hybridized carbons (Fsp3) is 0.923. The quantitative estimate of drug-likeness (QED) is 0.713. The summed E-state index contributed by atoms with van der Waals surface area (Å²) in [7, 11) is 0. The lowest BCUT2D eigenvalue weighted by atomic mass is 9.87. The van der Waals surface area contributed by atoms with Crippen molar-refractivity contribution in [3.63, 3.8) is 0 Å². The van der Waals surface area contributed by atoms with E-state index in [4.69, 9.17) is 15.2 Å². The highest BCUT2D eigenvalue weighted by Crippen LogP contribution is 2.29. The summed E-state index contributed by atoms with van der Waals surface area (Å²) in [5.41, 5.74) is 5.54. The van der Waals surface area contributed by atoms with Crippen LogP contribution in [0.15, 0.2) is 0 Å². The SMILES string of the molecule is CC(C)(C)OC(=O)N1CCOC2CCC(N)CC21. The zero-order valence-corrected chi connectivity index (χ0v) is 11.5. The van der Waals surface area contributed by atoms with Gasteiger partial charge in [0, 0.05) is 12.6 Å². The Hall–Kier alpha value is -0.810. The lowest BCUT2D eigenvalue weighted by Gasteiger charge is -2.45. The van der Waals surface area contributed by atoms with Gasteiger partial charge in [0.25, 0.3) is 0 Å². The van der Waals surface area contributed by atoms with Crippen LogP contribution in [0.4, 0.5) is 4.79 Å². The number of carbonyl (C=O) groups is 1. The predicted octanol–water partition coefficient (Wildman–Crippen LogP) is 1.50. The lowest BCUT2D eigenvalue weighted by molar-refractivity contribution is -0.0920. The van der Waals surface area contributed by atoms with Crippen LogP contribution in [0.3, 0.4) is 0 Å². The Kier molecular flexibility index (Phi) is 3.82. The molecule has 1 heterocycles. The van der Waals surface area contributed by atoms with Crippen molar-refractivity contribution in [3.8, 4) is 0 Å². The Bertz CT molecular complexity index is 314. The molecular formula is C13H24N2O3. The van der Waals surface area contributed by atoms with Crippen molar-refractivity contribution in [2.75, 3.05) is 13.2 Å². The second-order valence-corrected chi connectivity index (χ2v) is 6.22. The molecule has 1 aliphatic carbocycles. The molecular weight excluding hydrogens is 232 g/mol. The molecule has 0 aromatic heterocycles. The van der Waals surface area contributed by atoms with Gasteiger partial charge in [-0.3, -0.25) is 0 Å². The molecule has 0 bridgehead atoms. The van der Waals surface area contributed by atoms with Crippen LogP contribution in [0, 0.1) is 0 Å². The summed E-state index contributed by atoms with van der Waals surface area (Å²) in [6.45, 7) is 6.85. The highest BCUT2D eigenvalue weighted by molar-refractivity contribution is 5.68. The monoisotopic (exact) mass is 256 g/mol. The van der Waals surface area contributed by atoms with Crippen LogP contribution in [0.25, 0.3) is 0 Å². The maximum atomic E-state index is 12.2. The van der Waals surface area contributed by atoms with Crippen molar-refractivity contribution in [2.24, 2.45) is 5.73 Å². The molecule has 3 atom stereocenters. The number of amides is 1. The number of ether oxygens (including phenoxy) is 2. The first-order chi connectivity index (χ1) is 8.37. The van der Waals surface area contributed by atoms with Crippen LogP contribution in [-0.2, 0) is 9.47 Å². The Labute approximate surface area is 109 Å². The van der Waals surface area contributed by atoms with E-state index in [1.807, 2.05) is 20.8 Å². The molecule has 1 saturated carbocycles. The zero-order chi connectivity index (χ0) is 13.3. The summed E-state index contributed by atoms with van der Waals surface area (Å²) in [4.78, 5) is 14.0. The number of carbonyl (C=O) groups excluding carboxylic acids is 1. The largest absolute Gasteiger partial charge is 0.444 e. The van der Waals surface area contributed by atoms with Crippen LogP contribution in [0.5, 0.6) is 0 Å². The number of hydrogen-bond acceptors (Lipinski definition) is 4. The number of morpholine rings is 1. The van der Waals surface area contributed by atoms with Crippen LogP contribution in [0.2, 0.25) is 0 Å². The van der Waals surface area contributed by atoms with E-state index in [1.54, 1.807) is 4.90 Å². The van der Waals surface area contributed by atoms with E-state index in [0.29, 0.717) is 13.2 Å². The van der Waals surface area contributed by atoms with Gasteiger partial charge >= 0.3 is 6.09 Å². The van der Waals surface area contributed by atoms with Gasteiger partial charge in [-0.1, -0.05) is 0 Å². The minimum Gasteiger partial charge on any atom is -0.444 e. The third kappa shape index (κ3) is 3.14. The van der Waals surface area contributed by atoms with Gasteiger partial charge in [0.15, 0.2) is 0 Å². The number of nitrogens with zero attached hydrogens (tertiary/aromatic N) is 1. The molecule has 1 amide bonds. The predicted molar refractivity (Wildman–Crippen MR) is 68.3 cm³/mol. The molecule has 0 radical (unpaired) electrons. The minimum atomic E-state index is -0.457. The number of hydrogen-bond donors (Lipinski definition) is 1. The summed E-state index contributed by atoms with van der Waals surface area (Å²) in [6.07, 6.45) is 2.61. The topological polar surface area (TPSA) is 64.8 Å². The van der Waals surface area contributed by atoms with Crippen LogP contribution < -0.4 is 5.73 Å². The lowest BCUT2D eigenvalue weighted by Crippen LogP contribution is -2.58. The number of rotatable bonds is 0.